The van der Waals surface area contributed by atoms with Gasteiger partial charge in [-0.1, -0.05) is 42.1 Å². The van der Waals surface area contributed by atoms with Crippen molar-refractivity contribution in [2.24, 2.45) is 4.99 Å². The molecule has 0 aliphatic carbocycles. The Morgan fingerprint density at radius 1 is 1.00 bits per heavy atom. The van der Waals surface area contributed by atoms with E-state index in [2.05, 4.69) is 4.99 Å². The zero-order valence-electron chi connectivity index (χ0n) is 15.8. The molecule has 148 valence electrons. The van der Waals surface area contributed by atoms with E-state index in [1.165, 1.54) is 6.07 Å². The molecule has 1 aliphatic rings. The van der Waals surface area contributed by atoms with E-state index in [1.807, 2.05) is 24.3 Å². The minimum atomic E-state index is -4.09. The number of aliphatic imine (C=N–C) groups is 1. The molecule has 29 heavy (non-hydrogen) atoms. The molecule has 1 amide bonds. The molecule has 1 unspecified atom stereocenters. The molecule has 3 aromatic rings. The van der Waals surface area contributed by atoms with Gasteiger partial charge in [-0.3, -0.25) is 4.79 Å². The molecule has 0 radical (unpaired) electrons. The molecule has 1 fully saturated rings. The number of fused-ring (bicyclic) bond motifs is 1. The monoisotopic (exact) mass is 426 g/mol. The Hall–Kier alpha value is -2.84. The summed E-state index contributed by atoms with van der Waals surface area (Å²) in [5.74, 6) is 0.161. The van der Waals surface area contributed by atoms with Gasteiger partial charge < -0.3 is 4.74 Å². The first kappa shape index (κ1) is 19.5. The lowest BCUT2D eigenvalue weighted by molar-refractivity contribution is -0.122. The molecule has 1 heterocycles. The molecule has 1 atom stereocenters. The number of rotatable bonds is 4. The van der Waals surface area contributed by atoms with Crippen LogP contribution in [-0.4, -0.2) is 36.2 Å². The van der Waals surface area contributed by atoms with Crippen LogP contribution in [0.4, 0.5) is 5.69 Å². The van der Waals surface area contributed by atoms with Crippen LogP contribution in [-0.2, 0) is 14.8 Å². The fourth-order valence-electron chi connectivity index (χ4n) is 3.01. The summed E-state index contributed by atoms with van der Waals surface area (Å²) in [6.45, 7) is 1.67. The number of benzene rings is 3. The molecule has 3 aromatic carbocycles. The zero-order chi connectivity index (χ0) is 20.6. The van der Waals surface area contributed by atoms with Crippen LogP contribution in [0, 0.1) is 0 Å². The van der Waals surface area contributed by atoms with Crippen LogP contribution >= 0.6 is 11.8 Å². The van der Waals surface area contributed by atoms with Crippen molar-refractivity contribution in [1.29, 1.82) is 0 Å². The van der Waals surface area contributed by atoms with E-state index in [1.54, 1.807) is 50.4 Å². The second-order valence-corrected chi connectivity index (χ2v) is 9.56. The number of carbonyl (C=O) groups is 1. The molecular formula is C21H18N2O4S2. The van der Waals surface area contributed by atoms with Gasteiger partial charge in [0.1, 0.15) is 5.75 Å². The first-order valence-corrected chi connectivity index (χ1v) is 11.2. The molecule has 1 saturated heterocycles. The largest absolute Gasteiger partial charge is 0.497 e. The highest BCUT2D eigenvalue weighted by Crippen LogP contribution is 2.34. The van der Waals surface area contributed by atoms with Gasteiger partial charge in [-0.2, -0.15) is 4.31 Å². The summed E-state index contributed by atoms with van der Waals surface area (Å²) in [5, 5.41) is 1.31. The Labute approximate surface area is 173 Å². The molecule has 1 aliphatic heterocycles. The average molecular weight is 427 g/mol. The highest BCUT2D eigenvalue weighted by molar-refractivity contribution is 8.17. The fourth-order valence-corrected chi connectivity index (χ4v) is 5.73. The fraction of sp³-hybridized carbons (Fsp3) is 0.143. The average Bonchev–Trinajstić information content (AvgIpc) is 3.02. The van der Waals surface area contributed by atoms with Crippen molar-refractivity contribution >= 4 is 49.3 Å². The normalized spacial score (nSPS) is 18.6. The highest BCUT2D eigenvalue weighted by atomic mass is 32.2. The molecule has 0 N–H and O–H groups in total. The first-order valence-electron chi connectivity index (χ1n) is 8.87. The van der Waals surface area contributed by atoms with E-state index >= 15 is 0 Å². The third-order valence-electron chi connectivity index (χ3n) is 4.56. The van der Waals surface area contributed by atoms with Crippen LogP contribution in [0.2, 0.25) is 0 Å². The lowest BCUT2D eigenvalue weighted by Gasteiger charge is -2.17. The van der Waals surface area contributed by atoms with Crippen molar-refractivity contribution in [3.8, 4) is 5.75 Å². The van der Waals surface area contributed by atoms with Gasteiger partial charge >= 0.3 is 0 Å². The maximum absolute atomic E-state index is 13.3. The van der Waals surface area contributed by atoms with Gasteiger partial charge in [0, 0.05) is 0 Å². The van der Waals surface area contributed by atoms with Crippen LogP contribution in [0.3, 0.4) is 0 Å². The third-order valence-corrected chi connectivity index (χ3v) is 7.40. The predicted octanol–water partition coefficient (Wildman–Crippen LogP) is 4.19. The first-order chi connectivity index (χ1) is 13.9. The lowest BCUT2D eigenvalue weighted by Crippen LogP contribution is -2.37. The smallest absolute Gasteiger partial charge is 0.272 e. The highest BCUT2D eigenvalue weighted by Gasteiger charge is 2.43. The number of carbonyl (C=O) groups excluding carboxylic acids is 1. The number of methoxy groups -OCH3 is 1. The van der Waals surface area contributed by atoms with Crippen molar-refractivity contribution in [3.63, 3.8) is 0 Å². The molecule has 6 nitrogen and oxygen atoms in total. The van der Waals surface area contributed by atoms with Crippen LogP contribution in [0.1, 0.15) is 6.92 Å². The van der Waals surface area contributed by atoms with Crippen LogP contribution in [0.5, 0.6) is 5.75 Å². The summed E-state index contributed by atoms with van der Waals surface area (Å²) in [7, 11) is -2.53. The Morgan fingerprint density at radius 3 is 2.38 bits per heavy atom. The summed E-state index contributed by atoms with van der Waals surface area (Å²) < 4.78 is 32.6. The summed E-state index contributed by atoms with van der Waals surface area (Å²) >= 11 is 1.13. The number of nitrogens with zero attached hydrogens (tertiary/aromatic N) is 2. The van der Waals surface area contributed by atoms with Crippen molar-refractivity contribution < 1.29 is 17.9 Å². The SMILES string of the molecule is COc1ccc(N=C2SC(C)C(=O)N2S(=O)(=O)c2ccc3ccccc3c2)cc1. The molecule has 0 bridgehead atoms. The predicted molar refractivity (Wildman–Crippen MR) is 115 cm³/mol. The number of ether oxygens (including phenoxy) is 1. The van der Waals surface area contributed by atoms with Gasteiger partial charge in [0.25, 0.3) is 15.9 Å². The van der Waals surface area contributed by atoms with Crippen molar-refractivity contribution in [2.75, 3.05) is 7.11 Å². The van der Waals surface area contributed by atoms with E-state index in [4.69, 9.17) is 4.74 Å². The Morgan fingerprint density at radius 2 is 1.69 bits per heavy atom. The minimum Gasteiger partial charge on any atom is -0.497 e. The summed E-state index contributed by atoms with van der Waals surface area (Å²) in [6, 6.07) is 19.2. The second-order valence-electron chi connectivity index (χ2n) is 6.47. The Bertz CT molecular complexity index is 1220. The van der Waals surface area contributed by atoms with Crippen LogP contribution in [0.25, 0.3) is 10.8 Å². The van der Waals surface area contributed by atoms with E-state index in [0.717, 1.165) is 26.8 Å². The maximum atomic E-state index is 13.3. The lowest BCUT2D eigenvalue weighted by atomic mass is 10.1. The van der Waals surface area contributed by atoms with E-state index in [-0.39, 0.29) is 10.1 Å². The van der Waals surface area contributed by atoms with E-state index in [0.29, 0.717) is 11.4 Å². The summed E-state index contributed by atoms with van der Waals surface area (Å²) in [5.41, 5.74) is 0.536. The van der Waals surface area contributed by atoms with Gasteiger partial charge in [0.15, 0.2) is 5.17 Å². The van der Waals surface area contributed by atoms with Gasteiger partial charge in [0.05, 0.1) is 22.9 Å². The topological polar surface area (TPSA) is 76.0 Å². The molecule has 4 rings (SSSR count). The number of sulfonamides is 1. The molecule has 0 spiro atoms. The molecule has 0 saturated carbocycles. The van der Waals surface area contributed by atoms with Crippen molar-refractivity contribution in [1.82, 2.24) is 4.31 Å². The number of hydrogen-bond acceptors (Lipinski definition) is 6. The quantitative estimate of drug-likeness (QED) is 0.625. The van der Waals surface area contributed by atoms with Crippen LogP contribution < -0.4 is 4.74 Å². The Kier molecular flexibility index (Phi) is 5.06. The molecule has 8 heteroatoms. The second kappa shape index (κ2) is 7.53. The third kappa shape index (κ3) is 3.61. The summed E-state index contributed by atoms with van der Waals surface area (Å²) in [6.07, 6.45) is 0. The number of amidine groups is 1. The summed E-state index contributed by atoms with van der Waals surface area (Å²) in [4.78, 5) is 17.2. The van der Waals surface area contributed by atoms with Gasteiger partial charge in [-0.05, 0) is 54.1 Å². The molecule has 0 aromatic heterocycles. The van der Waals surface area contributed by atoms with Gasteiger partial charge in [-0.15, -0.1) is 0 Å². The van der Waals surface area contributed by atoms with Gasteiger partial charge in [0.2, 0.25) is 0 Å². The van der Waals surface area contributed by atoms with Crippen LogP contribution in [0.15, 0.2) is 76.6 Å². The number of amides is 1. The standard InChI is InChI=1S/C21H18N2O4S2/c1-14-20(24)23(21(28-14)22-17-8-10-18(27-2)11-9-17)29(25,26)19-12-7-15-5-3-4-6-16(15)13-19/h3-14H,1-2H3. The number of hydrogen-bond donors (Lipinski definition) is 0. The van der Waals surface area contributed by atoms with E-state index < -0.39 is 21.2 Å². The number of thioether (sulfide) groups is 1. The van der Waals surface area contributed by atoms with Gasteiger partial charge in [-0.25, -0.2) is 13.4 Å². The Balaban J connectivity index is 1.77. The minimum absolute atomic E-state index is 0.0571. The zero-order valence-corrected chi connectivity index (χ0v) is 17.4. The van der Waals surface area contributed by atoms with Crippen molar-refractivity contribution in [2.45, 2.75) is 17.1 Å². The van der Waals surface area contributed by atoms with Crippen molar-refractivity contribution in [3.05, 3.63) is 66.7 Å². The van der Waals surface area contributed by atoms with E-state index in [9.17, 15) is 13.2 Å². The molecular weight excluding hydrogens is 408 g/mol. The maximum Gasteiger partial charge on any atom is 0.272 e.